The number of Topliss-reactive ketones (excluding diaryl/α,β-unsaturated/α-hetero) is 1. The highest BCUT2D eigenvalue weighted by molar-refractivity contribution is 5.79. The maximum absolute atomic E-state index is 11.4. The summed E-state index contributed by atoms with van der Waals surface area (Å²) in [4.78, 5) is 18.3. The fraction of sp³-hybridized carbons (Fsp3) is 0.444. The molecular formula is C18H22N2O. The first-order valence-corrected chi connectivity index (χ1v) is 7.79. The molecule has 1 aromatic carbocycles. The second kappa shape index (κ2) is 6.35. The van der Waals surface area contributed by atoms with Crippen LogP contribution in [-0.2, 0) is 11.3 Å². The van der Waals surface area contributed by atoms with Gasteiger partial charge < -0.3 is 0 Å². The molecule has 0 bridgehead atoms. The average Bonchev–Trinajstić information content (AvgIpc) is 2.49. The molecule has 1 unspecified atom stereocenters. The first-order valence-electron chi connectivity index (χ1n) is 7.79. The molecule has 1 atom stereocenters. The van der Waals surface area contributed by atoms with Crippen LogP contribution in [0.3, 0.4) is 0 Å². The maximum Gasteiger partial charge on any atom is 0.131 e. The molecule has 1 aromatic heterocycles. The second-order valence-corrected chi connectivity index (χ2v) is 6.06. The van der Waals surface area contributed by atoms with Crippen molar-refractivity contribution in [2.75, 3.05) is 6.54 Å². The van der Waals surface area contributed by atoms with E-state index in [1.807, 2.05) is 12.3 Å². The standard InChI is InChI=1S/C18H22N2O/c1-14(21)11-17-6-2-3-10-20(17)13-15-7-8-18-16(12-15)5-4-9-19-18/h4-5,7-9,12,17H,2-3,6,10-11,13H2,1H3. The van der Waals surface area contributed by atoms with Gasteiger partial charge in [0.15, 0.2) is 0 Å². The van der Waals surface area contributed by atoms with Crippen LogP contribution in [0.5, 0.6) is 0 Å². The van der Waals surface area contributed by atoms with Crippen molar-refractivity contribution in [3.63, 3.8) is 0 Å². The number of benzene rings is 1. The van der Waals surface area contributed by atoms with Crippen LogP contribution in [0.2, 0.25) is 0 Å². The molecule has 2 aromatic rings. The Labute approximate surface area is 126 Å². The van der Waals surface area contributed by atoms with Crippen molar-refractivity contribution in [2.24, 2.45) is 0 Å². The highest BCUT2D eigenvalue weighted by Gasteiger charge is 2.23. The lowest BCUT2D eigenvalue weighted by Crippen LogP contribution is -2.39. The smallest absolute Gasteiger partial charge is 0.131 e. The summed E-state index contributed by atoms with van der Waals surface area (Å²) in [6, 6.07) is 11.0. The molecule has 21 heavy (non-hydrogen) atoms. The largest absolute Gasteiger partial charge is 0.300 e. The molecule has 1 aliphatic heterocycles. The van der Waals surface area contributed by atoms with Crippen molar-refractivity contribution < 1.29 is 4.79 Å². The van der Waals surface area contributed by atoms with E-state index >= 15 is 0 Å². The lowest BCUT2D eigenvalue weighted by atomic mass is 9.97. The highest BCUT2D eigenvalue weighted by Crippen LogP contribution is 2.23. The predicted octanol–water partition coefficient (Wildman–Crippen LogP) is 3.57. The number of hydrogen-bond donors (Lipinski definition) is 0. The number of carbonyl (C=O) groups is 1. The summed E-state index contributed by atoms with van der Waals surface area (Å²) in [7, 11) is 0. The Kier molecular flexibility index (Phi) is 4.30. The Morgan fingerprint density at radius 3 is 3.10 bits per heavy atom. The Hall–Kier alpha value is -1.74. The van der Waals surface area contributed by atoms with E-state index in [1.54, 1.807) is 6.92 Å². The number of aromatic nitrogens is 1. The molecular weight excluding hydrogens is 260 g/mol. The monoisotopic (exact) mass is 282 g/mol. The summed E-state index contributed by atoms with van der Waals surface area (Å²) >= 11 is 0. The van der Waals surface area contributed by atoms with Gasteiger partial charge in [0.1, 0.15) is 5.78 Å². The van der Waals surface area contributed by atoms with Gasteiger partial charge in [-0.15, -0.1) is 0 Å². The number of piperidine rings is 1. The lowest BCUT2D eigenvalue weighted by Gasteiger charge is -2.35. The number of nitrogens with zero attached hydrogens (tertiary/aromatic N) is 2. The summed E-state index contributed by atoms with van der Waals surface area (Å²) < 4.78 is 0. The molecule has 0 spiro atoms. The number of pyridine rings is 1. The van der Waals surface area contributed by atoms with Crippen molar-refractivity contribution in [2.45, 2.75) is 45.2 Å². The van der Waals surface area contributed by atoms with E-state index in [0.29, 0.717) is 18.2 Å². The average molecular weight is 282 g/mol. The van der Waals surface area contributed by atoms with E-state index < -0.39 is 0 Å². The van der Waals surface area contributed by atoms with E-state index in [0.717, 1.165) is 25.0 Å². The third kappa shape index (κ3) is 3.48. The molecule has 110 valence electrons. The second-order valence-electron chi connectivity index (χ2n) is 6.06. The molecule has 1 fully saturated rings. The van der Waals surface area contributed by atoms with Gasteiger partial charge in [-0.25, -0.2) is 0 Å². The molecule has 0 amide bonds. The first kappa shape index (κ1) is 14.2. The molecule has 0 N–H and O–H groups in total. The first-order chi connectivity index (χ1) is 10.2. The quantitative estimate of drug-likeness (QED) is 0.859. The normalized spacial score (nSPS) is 19.8. The number of rotatable bonds is 4. The zero-order chi connectivity index (χ0) is 14.7. The molecule has 3 heteroatoms. The molecule has 1 aliphatic rings. The molecule has 3 rings (SSSR count). The Balaban J connectivity index is 1.77. The molecule has 3 nitrogen and oxygen atoms in total. The minimum absolute atomic E-state index is 0.301. The number of hydrogen-bond acceptors (Lipinski definition) is 3. The summed E-state index contributed by atoms with van der Waals surface area (Å²) in [5, 5.41) is 1.19. The number of carbonyl (C=O) groups excluding carboxylic acids is 1. The van der Waals surface area contributed by atoms with Gasteiger partial charge in [-0.3, -0.25) is 14.7 Å². The van der Waals surface area contributed by atoms with Gasteiger partial charge in [-0.05, 0) is 50.1 Å². The lowest BCUT2D eigenvalue weighted by molar-refractivity contribution is -0.118. The highest BCUT2D eigenvalue weighted by atomic mass is 16.1. The van der Waals surface area contributed by atoms with Crippen molar-refractivity contribution in [1.29, 1.82) is 0 Å². The van der Waals surface area contributed by atoms with Gasteiger partial charge in [-0.1, -0.05) is 18.6 Å². The van der Waals surface area contributed by atoms with Crippen LogP contribution >= 0.6 is 0 Å². The van der Waals surface area contributed by atoms with E-state index in [4.69, 9.17) is 0 Å². The zero-order valence-electron chi connectivity index (χ0n) is 12.6. The van der Waals surface area contributed by atoms with Gasteiger partial charge in [0, 0.05) is 30.6 Å². The minimum atomic E-state index is 0.301. The summed E-state index contributed by atoms with van der Waals surface area (Å²) in [5.41, 5.74) is 2.35. The SMILES string of the molecule is CC(=O)CC1CCCCN1Cc1ccc2ncccc2c1. The maximum atomic E-state index is 11.4. The van der Waals surface area contributed by atoms with Gasteiger partial charge in [-0.2, -0.15) is 0 Å². The number of ketones is 1. The zero-order valence-corrected chi connectivity index (χ0v) is 12.6. The van der Waals surface area contributed by atoms with Crippen LogP contribution in [0.1, 0.15) is 38.2 Å². The van der Waals surface area contributed by atoms with Crippen LogP contribution in [0, 0.1) is 0 Å². The summed E-state index contributed by atoms with van der Waals surface area (Å²) in [6.07, 6.45) is 6.15. The van der Waals surface area contributed by atoms with Crippen LogP contribution in [0.4, 0.5) is 0 Å². The van der Waals surface area contributed by atoms with E-state index in [2.05, 4.69) is 34.1 Å². The Bertz CT molecular complexity index is 638. The van der Waals surface area contributed by atoms with E-state index in [1.165, 1.54) is 23.8 Å². The minimum Gasteiger partial charge on any atom is -0.300 e. The number of likely N-dealkylation sites (tertiary alicyclic amines) is 1. The summed E-state index contributed by atoms with van der Waals surface area (Å²) in [6.45, 7) is 3.74. The molecule has 0 aliphatic carbocycles. The molecule has 1 saturated heterocycles. The number of fused-ring (bicyclic) bond motifs is 1. The Morgan fingerprint density at radius 1 is 1.33 bits per heavy atom. The van der Waals surface area contributed by atoms with E-state index in [-0.39, 0.29) is 0 Å². The van der Waals surface area contributed by atoms with Crippen molar-refractivity contribution in [3.8, 4) is 0 Å². The van der Waals surface area contributed by atoms with Crippen LogP contribution in [0.15, 0.2) is 36.5 Å². The Morgan fingerprint density at radius 2 is 2.24 bits per heavy atom. The molecule has 0 saturated carbocycles. The third-order valence-electron chi connectivity index (χ3n) is 4.33. The van der Waals surface area contributed by atoms with Crippen molar-refractivity contribution in [3.05, 3.63) is 42.1 Å². The van der Waals surface area contributed by atoms with Crippen LogP contribution in [-0.4, -0.2) is 28.3 Å². The topological polar surface area (TPSA) is 33.2 Å². The molecule has 0 radical (unpaired) electrons. The van der Waals surface area contributed by atoms with Crippen LogP contribution < -0.4 is 0 Å². The van der Waals surface area contributed by atoms with E-state index in [9.17, 15) is 4.79 Å². The van der Waals surface area contributed by atoms with Gasteiger partial charge in [0.05, 0.1) is 5.52 Å². The van der Waals surface area contributed by atoms with Crippen LogP contribution in [0.25, 0.3) is 10.9 Å². The van der Waals surface area contributed by atoms with Gasteiger partial charge >= 0.3 is 0 Å². The predicted molar refractivity (Wildman–Crippen MR) is 85.1 cm³/mol. The molecule has 2 heterocycles. The third-order valence-corrected chi connectivity index (χ3v) is 4.33. The fourth-order valence-electron chi connectivity index (χ4n) is 3.29. The van der Waals surface area contributed by atoms with Gasteiger partial charge in [0.25, 0.3) is 0 Å². The fourth-order valence-corrected chi connectivity index (χ4v) is 3.29. The van der Waals surface area contributed by atoms with Gasteiger partial charge in [0.2, 0.25) is 0 Å². The van der Waals surface area contributed by atoms with Crippen molar-refractivity contribution in [1.82, 2.24) is 9.88 Å². The summed E-state index contributed by atoms with van der Waals surface area (Å²) in [5.74, 6) is 0.301. The van der Waals surface area contributed by atoms with Crippen molar-refractivity contribution >= 4 is 16.7 Å².